The summed E-state index contributed by atoms with van der Waals surface area (Å²) >= 11 is 0. The normalized spacial score (nSPS) is 31.4. The average molecular weight is 226 g/mol. The lowest BCUT2D eigenvalue weighted by molar-refractivity contribution is -0.0324. The molecule has 2 heteroatoms. The van der Waals surface area contributed by atoms with Crippen molar-refractivity contribution < 1.29 is 9.50 Å². The molecule has 0 aromatic rings. The first-order chi connectivity index (χ1) is 7.00. The summed E-state index contributed by atoms with van der Waals surface area (Å²) in [6.45, 7) is 11.5. The van der Waals surface area contributed by atoms with E-state index in [1.54, 1.807) is 18.2 Å². The van der Waals surface area contributed by atoms with Gasteiger partial charge in [0, 0.05) is 5.41 Å². The second kappa shape index (κ2) is 3.61. The second-order valence-electron chi connectivity index (χ2n) is 6.77. The van der Waals surface area contributed by atoms with Crippen LogP contribution in [0.1, 0.15) is 41.5 Å². The average Bonchev–Trinajstić information content (AvgIpc) is 1.98. The lowest BCUT2D eigenvalue weighted by Crippen LogP contribution is -2.50. The van der Waals surface area contributed by atoms with Gasteiger partial charge in [-0.3, -0.25) is 0 Å². The maximum atomic E-state index is 15.2. The van der Waals surface area contributed by atoms with Gasteiger partial charge in [0.25, 0.3) is 0 Å². The molecule has 1 N–H and O–H groups in total. The molecule has 0 amide bonds. The topological polar surface area (TPSA) is 20.2 Å². The van der Waals surface area contributed by atoms with Crippen LogP contribution in [0.5, 0.6) is 0 Å². The first kappa shape index (κ1) is 13.3. The van der Waals surface area contributed by atoms with Gasteiger partial charge < -0.3 is 5.11 Å². The minimum atomic E-state index is -1.51. The number of hydrogen-bond donors (Lipinski definition) is 1. The van der Waals surface area contributed by atoms with E-state index in [-0.39, 0.29) is 11.2 Å². The zero-order valence-corrected chi connectivity index (χ0v) is 11.1. The Labute approximate surface area is 98.1 Å². The Bertz CT molecular complexity index is 328. The van der Waals surface area contributed by atoms with E-state index in [0.717, 1.165) is 0 Å². The maximum Gasteiger partial charge on any atom is 0.144 e. The van der Waals surface area contributed by atoms with Crippen LogP contribution in [0.2, 0.25) is 0 Å². The van der Waals surface area contributed by atoms with Gasteiger partial charge in [0.2, 0.25) is 0 Å². The molecule has 0 saturated carbocycles. The van der Waals surface area contributed by atoms with Crippen LogP contribution in [0.3, 0.4) is 0 Å². The maximum absolute atomic E-state index is 15.2. The molecule has 0 aromatic carbocycles. The van der Waals surface area contributed by atoms with Crippen molar-refractivity contribution >= 4 is 0 Å². The van der Waals surface area contributed by atoms with Crippen LogP contribution in [-0.4, -0.2) is 10.8 Å². The first-order valence-electron chi connectivity index (χ1n) is 5.77. The van der Waals surface area contributed by atoms with Crippen molar-refractivity contribution in [2.75, 3.05) is 0 Å². The van der Waals surface area contributed by atoms with Crippen LogP contribution in [-0.2, 0) is 0 Å². The van der Waals surface area contributed by atoms with Crippen LogP contribution in [0.25, 0.3) is 0 Å². The van der Waals surface area contributed by atoms with E-state index in [0.29, 0.717) is 0 Å². The van der Waals surface area contributed by atoms with Gasteiger partial charge in [-0.25, -0.2) is 4.39 Å². The third-order valence-electron chi connectivity index (χ3n) is 3.34. The van der Waals surface area contributed by atoms with E-state index in [1.165, 1.54) is 0 Å². The lowest BCUT2D eigenvalue weighted by atomic mass is 9.60. The highest BCUT2D eigenvalue weighted by atomic mass is 19.1. The SMILES string of the molecule is CC(C)(C)C1C(O)=CC=CC1(F)C(C)(C)C. The molecule has 0 heterocycles. The van der Waals surface area contributed by atoms with Crippen LogP contribution in [0, 0.1) is 16.7 Å². The molecular formula is C14H23FO. The zero-order chi connectivity index (χ0) is 12.8. The van der Waals surface area contributed by atoms with Crippen molar-refractivity contribution in [1.82, 2.24) is 0 Å². The standard InChI is InChI=1S/C14H23FO/c1-12(2,3)11-10(16)8-7-9-14(11,15)13(4,5)6/h7-9,11,16H,1-6H3. The van der Waals surface area contributed by atoms with E-state index in [1.807, 2.05) is 41.5 Å². The molecule has 92 valence electrons. The number of rotatable bonds is 0. The van der Waals surface area contributed by atoms with Crippen molar-refractivity contribution in [3.8, 4) is 0 Å². The highest BCUT2D eigenvalue weighted by molar-refractivity contribution is 5.29. The van der Waals surface area contributed by atoms with E-state index in [9.17, 15) is 5.11 Å². The van der Waals surface area contributed by atoms with Crippen molar-refractivity contribution in [3.05, 3.63) is 24.0 Å². The summed E-state index contributed by atoms with van der Waals surface area (Å²) in [5, 5.41) is 9.97. The fourth-order valence-corrected chi connectivity index (χ4v) is 2.45. The third kappa shape index (κ3) is 2.02. The highest BCUT2D eigenvalue weighted by Crippen LogP contribution is 2.52. The molecule has 2 atom stereocenters. The van der Waals surface area contributed by atoms with E-state index < -0.39 is 17.0 Å². The number of alkyl halides is 1. The number of allylic oxidation sites excluding steroid dienone is 4. The van der Waals surface area contributed by atoms with Gasteiger partial charge in [0.1, 0.15) is 5.67 Å². The number of aliphatic hydroxyl groups excluding tert-OH is 1. The molecule has 0 spiro atoms. The predicted octanol–water partition coefficient (Wildman–Crippen LogP) is 4.41. The molecule has 16 heavy (non-hydrogen) atoms. The summed E-state index contributed by atoms with van der Waals surface area (Å²) in [6, 6.07) is 0. The molecule has 0 aliphatic heterocycles. The zero-order valence-electron chi connectivity index (χ0n) is 11.1. The molecule has 0 bridgehead atoms. The quantitative estimate of drug-likeness (QED) is 0.648. The molecule has 0 saturated heterocycles. The molecule has 1 nitrogen and oxygen atoms in total. The number of halogens is 1. The van der Waals surface area contributed by atoms with E-state index >= 15 is 4.39 Å². The number of hydrogen-bond acceptors (Lipinski definition) is 1. The van der Waals surface area contributed by atoms with Crippen LogP contribution < -0.4 is 0 Å². The Morgan fingerprint density at radius 1 is 1.19 bits per heavy atom. The van der Waals surface area contributed by atoms with Crippen molar-refractivity contribution in [2.45, 2.75) is 47.2 Å². The van der Waals surface area contributed by atoms with Crippen molar-refractivity contribution in [1.29, 1.82) is 0 Å². The molecular weight excluding hydrogens is 203 g/mol. The largest absolute Gasteiger partial charge is 0.512 e. The monoisotopic (exact) mass is 226 g/mol. The highest BCUT2D eigenvalue weighted by Gasteiger charge is 2.53. The summed E-state index contributed by atoms with van der Waals surface area (Å²) in [5.74, 6) is -0.350. The summed E-state index contributed by atoms with van der Waals surface area (Å²) in [7, 11) is 0. The van der Waals surface area contributed by atoms with Gasteiger partial charge in [-0.05, 0) is 17.6 Å². The summed E-state index contributed by atoms with van der Waals surface area (Å²) in [5.41, 5.74) is -2.36. The van der Waals surface area contributed by atoms with Gasteiger partial charge >= 0.3 is 0 Å². The van der Waals surface area contributed by atoms with E-state index in [2.05, 4.69) is 0 Å². The van der Waals surface area contributed by atoms with Crippen LogP contribution in [0.4, 0.5) is 4.39 Å². The minimum Gasteiger partial charge on any atom is -0.512 e. The molecule has 1 aliphatic rings. The number of aliphatic hydroxyl groups is 1. The lowest BCUT2D eigenvalue weighted by Gasteiger charge is -2.48. The van der Waals surface area contributed by atoms with Gasteiger partial charge in [-0.1, -0.05) is 47.6 Å². The Morgan fingerprint density at radius 3 is 2.00 bits per heavy atom. The van der Waals surface area contributed by atoms with Crippen LogP contribution >= 0.6 is 0 Å². The fraction of sp³-hybridized carbons (Fsp3) is 0.714. The molecule has 1 rings (SSSR count). The van der Waals surface area contributed by atoms with E-state index in [4.69, 9.17) is 0 Å². The minimum absolute atomic E-state index is 0.146. The summed E-state index contributed by atoms with van der Waals surface area (Å²) in [4.78, 5) is 0. The molecule has 2 unspecified atom stereocenters. The fourth-order valence-electron chi connectivity index (χ4n) is 2.45. The van der Waals surface area contributed by atoms with Crippen molar-refractivity contribution in [3.63, 3.8) is 0 Å². The smallest absolute Gasteiger partial charge is 0.144 e. The Hall–Kier alpha value is -0.790. The Morgan fingerprint density at radius 2 is 1.69 bits per heavy atom. The summed E-state index contributed by atoms with van der Waals surface area (Å²) in [6.07, 6.45) is 4.80. The molecule has 0 aromatic heterocycles. The predicted molar refractivity (Wildman–Crippen MR) is 66.1 cm³/mol. The molecule has 0 radical (unpaired) electrons. The summed E-state index contributed by atoms with van der Waals surface area (Å²) < 4.78 is 15.2. The van der Waals surface area contributed by atoms with Crippen molar-refractivity contribution in [2.24, 2.45) is 16.7 Å². The molecule has 0 fully saturated rings. The third-order valence-corrected chi connectivity index (χ3v) is 3.34. The van der Waals surface area contributed by atoms with Crippen LogP contribution in [0.15, 0.2) is 24.0 Å². The Kier molecular flexibility index (Phi) is 3.00. The van der Waals surface area contributed by atoms with Gasteiger partial charge in [0.15, 0.2) is 0 Å². The first-order valence-corrected chi connectivity index (χ1v) is 5.77. The van der Waals surface area contributed by atoms with Gasteiger partial charge in [0.05, 0.1) is 11.7 Å². The second-order valence-corrected chi connectivity index (χ2v) is 6.77. The molecule has 1 aliphatic carbocycles. The van der Waals surface area contributed by atoms with Gasteiger partial charge in [-0.2, -0.15) is 0 Å². The Balaban J connectivity index is 3.30. The van der Waals surface area contributed by atoms with Gasteiger partial charge in [-0.15, -0.1) is 0 Å².